The highest BCUT2D eigenvalue weighted by atomic mass is 16.3. The summed E-state index contributed by atoms with van der Waals surface area (Å²) < 4.78 is 0. The molecule has 1 aromatic carbocycles. The molecule has 0 aromatic heterocycles. The highest BCUT2D eigenvalue weighted by Crippen LogP contribution is 2.28. The number of β-amino-alcohol motifs (C(OH)–C–C–N with tert-alkyl or cyclic N) is 1. The van der Waals surface area contributed by atoms with Gasteiger partial charge in [0.1, 0.15) is 0 Å². The van der Waals surface area contributed by atoms with Gasteiger partial charge in [-0.15, -0.1) is 0 Å². The highest BCUT2D eigenvalue weighted by molar-refractivity contribution is 5.26. The fraction of sp³-hybridized carbons (Fsp3) is 0.667. The van der Waals surface area contributed by atoms with Crippen LogP contribution in [0.1, 0.15) is 38.2 Å². The van der Waals surface area contributed by atoms with Crippen LogP contribution < -0.4 is 5.32 Å². The van der Waals surface area contributed by atoms with Crippen LogP contribution in [0.5, 0.6) is 0 Å². The largest absolute Gasteiger partial charge is 0.392 e. The summed E-state index contributed by atoms with van der Waals surface area (Å²) in [4.78, 5) is 2.44. The number of hydrogen-bond acceptors (Lipinski definition) is 3. The molecule has 1 aliphatic heterocycles. The summed E-state index contributed by atoms with van der Waals surface area (Å²) >= 11 is 0. The van der Waals surface area contributed by atoms with E-state index in [-0.39, 0.29) is 11.5 Å². The van der Waals surface area contributed by atoms with Crippen molar-refractivity contribution >= 4 is 0 Å². The molecular formula is C18H28N2O. The van der Waals surface area contributed by atoms with Crippen LogP contribution >= 0.6 is 0 Å². The van der Waals surface area contributed by atoms with Crippen LogP contribution in [0.15, 0.2) is 30.3 Å². The number of aliphatic hydroxyl groups is 1. The molecule has 2 N–H and O–H groups in total. The van der Waals surface area contributed by atoms with Crippen LogP contribution in [0, 0.1) is 0 Å². The Hall–Kier alpha value is -0.900. The maximum absolute atomic E-state index is 9.92. The molecule has 21 heavy (non-hydrogen) atoms. The van der Waals surface area contributed by atoms with Crippen molar-refractivity contribution in [1.29, 1.82) is 0 Å². The lowest BCUT2D eigenvalue weighted by atomic mass is 9.81. The second kappa shape index (κ2) is 6.47. The van der Waals surface area contributed by atoms with Gasteiger partial charge in [-0.25, -0.2) is 0 Å². The highest BCUT2D eigenvalue weighted by Gasteiger charge is 2.33. The quantitative estimate of drug-likeness (QED) is 0.842. The first-order valence-electron chi connectivity index (χ1n) is 8.35. The molecule has 2 unspecified atom stereocenters. The van der Waals surface area contributed by atoms with Crippen LogP contribution in [0.3, 0.4) is 0 Å². The maximum atomic E-state index is 9.92. The second-order valence-corrected chi connectivity index (χ2v) is 7.11. The van der Waals surface area contributed by atoms with Crippen LogP contribution in [0.4, 0.5) is 0 Å². The average molecular weight is 288 g/mol. The van der Waals surface area contributed by atoms with E-state index in [9.17, 15) is 5.11 Å². The van der Waals surface area contributed by atoms with E-state index in [4.69, 9.17) is 0 Å². The molecule has 2 fully saturated rings. The molecule has 1 aliphatic carbocycles. The standard InChI is InChI=1S/C18H28N2O/c1-18(13-19-16-9-10-16,15-6-3-2-4-7-15)14-20-11-5-8-17(21)12-20/h2-4,6-7,16-17,19,21H,5,8-14H2,1H3. The molecule has 0 radical (unpaired) electrons. The second-order valence-electron chi connectivity index (χ2n) is 7.11. The first kappa shape index (κ1) is 15.0. The van der Waals surface area contributed by atoms with Crippen molar-refractivity contribution in [2.24, 2.45) is 0 Å². The third-order valence-corrected chi connectivity index (χ3v) is 4.88. The van der Waals surface area contributed by atoms with Gasteiger partial charge in [0.2, 0.25) is 0 Å². The Morgan fingerprint density at radius 1 is 1.24 bits per heavy atom. The topological polar surface area (TPSA) is 35.5 Å². The van der Waals surface area contributed by atoms with Crippen LogP contribution in [-0.4, -0.2) is 48.3 Å². The summed E-state index contributed by atoms with van der Waals surface area (Å²) in [7, 11) is 0. The van der Waals surface area contributed by atoms with Gasteiger partial charge >= 0.3 is 0 Å². The summed E-state index contributed by atoms with van der Waals surface area (Å²) in [5.41, 5.74) is 1.51. The zero-order chi connectivity index (χ0) is 14.7. The van der Waals surface area contributed by atoms with Crippen molar-refractivity contribution in [3.8, 4) is 0 Å². The Labute approximate surface area is 128 Å². The summed E-state index contributed by atoms with van der Waals surface area (Å²) in [6.07, 6.45) is 4.58. The van der Waals surface area contributed by atoms with Crippen LogP contribution in [0.25, 0.3) is 0 Å². The fourth-order valence-electron chi connectivity index (χ4n) is 3.42. The van der Waals surface area contributed by atoms with Gasteiger partial charge in [-0.2, -0.15) is 0 Å². The Bertz CT molecular complexity index is 446. The molecule has 1 aromatic rings. The number of likely N-dealkylation sites (tertiary alicyclic amines) is 1. The molecule has 1 heterocycles. The summed E-state index contributed by atoms with van der Waals surface area (Å²) in [5, 5.41) is 13.6. The van der Waals surface area contributed by atoms with Gasteiger partial charge in [0.15, 0.2) is 0 Å². The summed E-state index contributed by atoms with van der Waals surface area (Å²) in [5.74, 6) is 0. The third-order valence-electron chi connectivity index (χ3n) is 4.88. The lowest BCUT2D eigenvalue weighted by molar-refractivity contribution is 0.0587. The van der Waals surface area contributed by atoms with E-state index in [2.05, 4.69) is 47.5 Å². The Balaban J connectivity index is 1.71. The van der Waals surface area contributed by atoms with E-state index < -0.39 is 0 Å². The predicted octanol–water partition coefficient (Wildman–Crippen LogP) is 2.15. The maximum Gasteiger partial charge on any atom is 0.0667 e. The minimum Gasteiger partial charge on any atom is -0.392 e. The van der Waals surface area contributed by atoms with Crippen molar-refractivity contribution in [3.63, 3.8) is 0 Å². The van der Waals surface area contributed by atoms with E-state index in [1.165, 1.54) is 18.4 Å². The minimum atomic E-state index is -0.143. The van der Waals surface area contributed by atoms with E-state index >= 15 is 0 Å². The third kappa shape index (κ3) is 4.06. The number of piperidine rings is 1. The lowest BCUT2D eigenvalue weighted by Gasteiger charge is -2.39. The molecule has 2 aliphatic rings. The van der Waals surface area contributed by atoms with E-state index in [1.807, 2.05) is 0 Å². The van der Waals surface area contributed by atoms with Gasteiger partial charge in [0.25, 0.3) is 0 Å². The monoisotopic (exact) mass is 288 g/mol. The molecule has 1 saturated carbocycles. The molecular weight excluding hydrogens is 260 g/mol. The van der Waals surface area contributed by atoms with Crippen molar-refractivity contribution in [3.05, 3.63) is 35.9 Å². The number of benzene rings is 1. The van der Waals surface area contributed by atoms with E-state index in [1.54, 1.807) is 0 Å². The van der Waals surface area contributed by atoms with Crippen LogP contribution in [0.2, 0.25) is 0 Å². The summed E-state index contributed by atoms with van der Waals surface area (Å²) in [6, 6.07) is 11.6. The Morgan fingerprint density at radius 2 is 2.00 bits per heavy atom. The number of aliphatic hydroxyl groups excluding tert-OH is 1. The smallest absolute Gasteiger partial charge is 0.0667 e. The van der Waals surface area contributed by atoms with Gasteiger partial charge in [-0.1, -0.05) is 37.3 Å². The molecule has 2 atom stereocenters. The lowest BCUT2D eigenvalue weighted by Crippen LogP contribution is -2.49. The van der Waals surface area contributed by atoms with E-state index in [0.29, 0.717) is 0 Å². The molecule has 3 heteroatoms. The fourth-order valence-corrected chi connectivity index (χ4v) is 3.42. The van der Waals surface area contributed by atoms with Crippen LogP contribution in [-0.2, 0) is 5.41 Å². The number of rotatable bonds is 6. The van der Waals surface area contributed by atoms with Gasteiger partial charge < -0.3 is 10.4 Å². The number of hydrogen-bond donors (Lipinski definition) is 2. The minimum absolute atomic E-state index is 0.112. The molecule has 1 saturated heterocycles. The zero-order valence-corrected chi connectivity index (χ0v) is 13.1. The molecule has 3 nitrogen and oxygen atoms in total. The average Bonchev–Trinajstić information content (AvgIpc) is 3.30. The molecule has 116 valence electrons. The predicted molar refractivity (Wildman–Crippen MR) is 86.5 cm³/mol. The SMILES string of the molecule is CC(CNC1CC1)(CN1CCCC(O)C1)c1ccccc1. The van der Waals surface area contributed by atoms with Crippen molar-refractivity contribution in [2.75, 3.05) is 26.2 Å². The van der Waals surface area contributed by atoms with Crippen molar-refractivity contribution in [1.82, 2.24) is 10.2 Å². The van der Waals surface area contributed by atoms with Gasteiger partial charge in [-0.3, -0.25) is 4.90 Å². The van der Waals surface area contributed by atoms with Gasteiger partial charge in [0, 0.05) is 31.1 Å². The molecule has 3 rings (SSSR count). The van der Waals surface area contributed by atoms with E-state index in [0.717, 1.165) is 45.1 Å². The zero-order valence-electron chi connectivity index (χ0n) is 13.1. The number of nitrogens with zero attached hydrogens (tertiary/aromatic N) is 1. The summed E-state index contributed by atoms with van der Waals surface area (Å²) in [6.45, 7) is 6.34. The molecule has 0 spiro atoms. The van der Waals surface area contributed by atoms with Crippen molar-refractivity contribution < 1.29 is 5.11 Å². The Kier molecular flexibility index (Phi) is 4.63. The van der Waals surface area contributed by atoms with Gasteiger partial charge in [0.05, 0.1) is 6.10 Å². The Morgan fingerprint density at radius 3 is 2.67 bits per heavy atom. The first-order valence-corrected chi connectivity index (χ1v) is 8.35. The van der Waals surface area contributed by atoms with Crippen molar-refractivity contribution in [2.45, 2.75) is 50.2 Å². The molecule has 0 bridgehead atoms. The van der Waals surface area contributed by atoms with Gasteiger partial charge in [-0.05, 0) is 37.8 Å². The first-order chi connectivity index (χ1) is 10.2. The molecule has 0 amide bonds. The normalized spacial score (nSPS) is 26.5. The number of nitrogens with one attached hydrogen (secondary N) is 1.